The molecule has 0 spiro atoms. The van der Waals surface area contributed by atoms with Gasteiger partial charge >= 0.3 is 0 Å². The summed E-state index contributed by atoms with van der Waals surface area (Å²) in [6.45, 7) is 1.72. The molecule has 3 heterocycles. The normalized spacial score (nSPS) is 18.3. The first-order chi connectivity index (χ1) is 12.1. The minimum absolute atomic E-state index is 0.172. The van der Waals surface area contributed by atoms with Crippen molar-refractivity contribution in [2.75, 3.05) is 24.5 Å². The number of anilines is 1. The third-order valence-electron chi connectivity index (χ3n) is 4.97. The summed E-state index contributed by atoms with van der Waals surface area (Å²) in [5.41, 5.74) is 2.36. The molecule has 1 aromatic heterocycles. The zero-order valence-corrected chi connectivity index (χ0v) is 14.8. The van der Waals surface area contributed by atoms with Gasteiger partial charge in [0, 0.05) is 31.5 Å². The average Bonchev–Trinajstić information content (AvgIpc) is 3.30. The average molecular weight is 359 g/mol. The van der Waals surface area contributed by atoms with E-state index in [9.17, 15) is 13.2 Å². The molecule has 0 radical (unpaired) electrons. The van der Waals surface area contributed by atoms with E-state index in [4.69, 9.17) is 0 Å². The van der Waals surface area contributed by atoms with E-state index in [0.29, 0.717) is 25.3 Å². The SMILES string of the molecule is O=C(c1cc(S(=O)(=O)N2CCCCC2)c[nH]1)N1CCc2ccccc21. The Morgan fingerprint density at radius 2 is 1.80 bits per heavy atom. The lowest BCUT2D eigenvalue weighted by Gasteiger charge is -2.25. The summed E-state index contributed by atoms with van der Waals surface area (Å²) in [4.78, 5) is 17.6. The van der Waals surface area contributed by atoms with Gasteiger partial charge in [-0.1, -0.05) is 24.6 Å². The molecule has 0 bridgehead atoms. The number of aromatic nitrogens is 1. The van der Waals surface area contributed by atoms with E-state index >= 15 is 0 Å². The number of hydrogen-bond acceptors (Lipinski definition) is 3. The minimum Gasteiger partial charge on any atom is -0.356 e. The molecule has 6 nitrogen and oxygen atoms in total. The summed E-state index contributed by atoms with van der Waals surface area (Å²) in [5.74, 6) is -0.190. The summed E-state index contributed by atoms with van der Waals surface area (Å²) in [6, 6.07) is 9.28. The number of para-hydroxylation sites is 1. The van der Waals surface area contributed by atoms with Gasteiger partial charge in [0.15, 0.2) is 0 Å². The molecule has 0 aliphatic carbocycles. The fourth-order valence-corrected chi connectivity index (χ4v) is 5.11. The summed E-state index contributed by atoms with van der Waals surface area (Å²) in [5, 5.41) is 0. The number of sulfonamides is 1. The van der Waals surface area contributed by atoms with E-state index in [0.717, 1.165) is 36.9 Å². The Labute approximate surface area is 147 Å². The smallest absolute Gasteiger partial charge is 0.274 e. The van der Waals surface area contributed by atoms with Gasteiger partial charge in [-0.3, -0.25) is 4.79 Å². The number of nitrogens with one attached hydrogen (secondary N) is 1. The van der Waals surface area contributed by atoms with Crippen LogP contribution < -0.4 is 4.90 Å². The standard InChI is InChI=1S/C18H21N3O3S/c22-18(21-11-8-14-6-2-3-7-17(14)21)16-12-15(13-19-16)25(23,24)20-9-4-1-5-10-20/h2-3,6-7,12-13,19H,1,4-5,8-11H2. The van der Waals surface area contributed by atoms with Gasteiger partial charge < -0.3 is 9.88 Å². The molecule has 7 heteroatoms. The predicted octanol–water partition coefficient (Wildman–Crippen LogP) is 2.39. The van der Waals surface area contributed by atoms with Gasteiger partial charge in [-0.2, -0.15) is 4.31 Å². The van der Waals surface area contributed by atoms with Gasteiger partial charge in [0.2, 0.25) is 10.0 Å². The van der Waals surface area contributed by atoms with Crippen LogP contribution in [0.2, 0.25) is 0 Å². The highest BCUT2D eigenvalue weighted by Crippen LogP contribution is 2.29. The molecule has 0 unspecified atom stereocenters. The third kappa shape index (κ3) is 2.87. The first-order valence-electron chi connectivity index (χ1n) is 8.66. The van der Waals surface area contributed by atoms with E-state index in [1.807, 2.05) is 24.3 Å². The van der Waals surface area contributed by atoms with Gasteiger partial charge in [0.1, 0.15) is 10.6 Å². The highest BCUT2D eigenvalue weighted by atomic mass is 32.2. The number of H-pyrrole nitrogens is 1. The predicted molar refractivity (Wildman–Crippen MR) is 95.2 cm³/mol. The number of nitrogens with zero attached hydrogens (tertiary/aromatic N) is 2. The summed E-state index contributed by atoms with van der Waals surface area (Å²) < 4.78 is 27.0. The van der Waals surface area contributed by atoms with E-state index in [1.54, 1.807) is 4.90 Å². The van der Waals surface area contributed by atoms with Crippen molar-refractivity contribution >= 4 is 21.6 Å². The molecule has 0 saturated carbocycles. The Kier molecular flexibility index (Phi) is 4.13. The Morgan fingerprint density at radius 3 is 2.60 bits per heavy atom. The fraction of sp³-hybridized carbons (Fsp3) is 0.389. The lowest BCUT2D eigenvalue weighted by atomic mass is 10.2. The van der Waals surface area contributed by atoms with Gasteiger partial charge in [0.25, 0.3) is 5.91 Å². The Balaban J connectivity index is 1.58. The number of amides is 1. The number of aromatic amines is 1. The van der Waals surface area contributed by atoms with Crippen LogP contribution in [0.5, 0.6) is 0 Å². The van der Waals surface area contributed by atoms with Crippen molar-refractivity contribution in [3.63, 3.8) is 0 Å². The lowest BCUT2D eigenvalue weighted by molar-refractivity contribution is 0.0985. The number of hydrogen-bond donors (Lipinski definition) is 1. The van der Waals surface area contributed by atoms with Gasteiger partial charge in [-0.25, -0.2) is 8.42 Å². The maximum atomic E-state index is 12.8. The molecule has 0 atom stereocenters. The highest BCUT2D eigenvalue weighted by molar-refractivity contribution is 7.89. The van der Waals surface area contributed by atoms with E-state index in [1.165, 1.54) is 16.6 Å². The maximum absolute atomic E-state index is 12.8. The Bertz CT molecular complexity index is 898. The Hall–Kier alpha value is -2.12. The van der Waals surface area contributed by atoms with Crippen molar-refractivity contribution in [2.24, 2.45) is 0 Å². The summed E-state index contributed by atoms with van der Waals surface area (Å²) in [6.07, 6.45) is 5.10. The van der Waals surface area contributed by atoms with Crippen molar-refractivity contribution in [2.45, 2.75) is 30.6 Å². The highest BCUT2D eigenvalue weighted by Gasteiger charge is 2.30. The molecule has 1 amide bonds. The Morgan fingerprint density at radius 1 is 1.04 bits per heavy atom. The van der Waals surface area contributed by atoms with Gasteiger partial charge in [-0.15, -0.1) is 0 Å². The molecule has 2 aromatic rings. The number of carbonyl (C=O) groups excluding carboxylic acids is 1. The van der Waals surface area contributed by atoms with Crippen molar-refractivity contribution in [3.8, 4) is 0 Å². The maximum Gasteiger partial charge on any atom is 0.274 e. The third-order valence-corrected chi connectivity index (χ3v) is 6.85. The quantitative estimate of drug-likeness (QED) is 0.914. The van der Waals surface area contributed by atoms with Crippen LogP contribution in [0.4, 0.5) is 5.69 Å². The summed E-state index contributed by atoms with van der Waals surface area (Å²) >= 11 is 0. The second kappa shape index (κ2) is 6.31. The first-order valence-corrected chi connectivity index (χ1v) is 10.1. The second-order valence-electron chi connectivity index (χ2n) is 6.55. The zero-order chi connectivity index (χ0) is 17.4. The molecular weight excluding hydrogens is 338 g/mol. The van der Waals surface area contributed by atoms with Crippen molar-refractivity contribution in [1.29, 1.82) is 0 Å². The first kappa shape index (κ1) is 16.4. The van der Waals surface area contributed by atoms with Crippen LogP contribution in [-0.4, -0.2) is 43.2 Å². The largest absolute Gasteiger partial charge is 0.356 e. The molecule has 1 N–H and O–H groups in total. The van der Waals surface area contributed by atoms with Crippen LogP contribution in [0.3, 0.4) is 0 Å². The number of benzene rings is 1. The molecule has 1 aromatic carbocycles. The topological polar surface area (TPSA) is 73.5 Å². The molecule has 2 aliphatic rings. The molecule has 25 heavy (non-hydrogen) atoms. The van der Waals surface area contributed by atoms with E-state index in [2.05, 4.69) is 4.98 Å². The van der Waals surface area contributed by atoms with E-state index in [-0.39, 0.29) is 10.8 Å². The second-order valence-corrected chi connectivity index (χ2v) is 8.49. The number of piperidine rings is 1. The molecule has 1 saturated heterocycles. The molecular formula is C18H21N3O3S. The molecule has 2 aliphatic heterocycles. The molecule has 4 rings (SSSR count). The minimum atomic E-state index is -3.53. The van der Waals surface area contributed by atoms with Crippen molar-refractivity contribution in [3.05, 3.63) is 47.8 Å². The number of rotatable bonds is 3. The number of carbonyl (C=O) groups is 1. The van der Waals surface area contributed by atoms with Crippen LogP contribution >= 0.6 is 0 Å². The van der Waals surface area contributed by atoms with Gasteiger partial charge in [-0.05, 0) is 37.0 Å². The number of fused-ring (bicyclic) bond motifs is 1. The summed E-state index contributed by atoms with van der Waals surface area (Å²) in [7, 11) is -3.53. The van der Waals surface area contributed by atoms with Crippen LogP contribution in [0.25, 0.3) is 0 Å². The van der Waals surface area contributed by atoms with Crippen LogP contribution in [0.1, 0.15) is 35.3 Å². The lowest BCUT2D eigenvalue weighted by Crippen LogP contribution is -2.35. The molecule has 132 valence electrons. The van der Waals surface area contributed by atoms with Crippen LogP contribution in [-0.2, 0) is 16.4 Å². The fourth-order valence-electron chi connectivity index (χ4n) is 3.60. The van der Waals surface area contributed by atoms with E-state index < -0.39 is 10.0 Å². The molecule has 1 fully saturated rings. The van der Waals surface area contributed by atoms with Crippen LogP contribution in [0, 0.1) is 0 Å². The van der Waals surface area contributed by atoms with Crippen molar-refractivity contribution < 1.29 is 13.2 Å². The van der Waals surface area contributed by atoms with Crippen molar-refractivity contribution in [1.82, 2.24) is 9.29 Å². The monoisotopic (exact) mass is 359 g/mol. The zero-order valence-electron chi connectivity index (χ0n) is 13.9. The van der Waals surface area contributed by atoms with Gasteiger partial charge in [0.05, 0.1) is 0 Å². The van der Waals surface area contributed by atoms with Crippen LogP contribution in [0.15, 0.2) is 41.4 Å².